The summed E-state index contributed by atoms with van der Waals surface area (Å²) in [6.45, 7) is 15.6. The van der Waals surface area contributed by atoms with Crippen LogP contribution in [0.15, 0.2) is 12.2 Å². The average molecular weight is 795 g/mol. The fourth-order valence-corrected chi connectivity index (χ4v) is 10.0. The molecule has 14 heteroatoms. The van der Waals surface area contributed by atoms with E-state index >= 15 is 0 Å². The molecule has 17 atom stereocenters. The number of alkyl carbamates (subject to hydrolysis) is 1. The third-order valence-electron chi connectivity index (χ3n) is 13.8. The van der Waals surface area contributed by atoms with Gasteiger partial charge in [-0.1, -0.05) is 41.5 Å². The summed E-state index contributed by atoms with van der Waals surface area (Å²) in [5.74, 6) is -6.14. The number of carboxylic acids is 1. The van der Waals surface area contributed by atoms with Crippen molar-refractivity contribution in [1.29, 1.82) is 0 Å². The number of hydrogen-bond donors (Lipinski definition) is 5. The first kappa shape index (κ1) is 44.9. The number of aliphatic hydroxyl groups excluding tert-OH is 1. The maximum absolute atomic E-state index is 14.4. The van der Waals surface area contributed by atoms with Gasteiger partial charge >= 0.3 is 12.1 Å². The second-order valence-corrected chi connectivity index (χ2v) is 17.3. The third-order valence-corrected chi connectivity index (χ3v) is 13.8. The van der Waals surface area contributed by atoms with Crippen molar-refractivity contribution >= 4 is 17.8 Å². The van der Waals surface area contributed by atoms with Gasteiger partial charge in [0.25, 0.3) is 0 Å². The molecule has 0 aromatic rings. The molecule has 0 bridgehead atoms. The Kier molecular flexibility index (Phi) is 14.8. The Morgan fingerprint density at radius 2 is 1.62 bits per heavy atom. The number of aliphatic carboxylic acids is 1. The van der Waals surface area contributed by atoms with E-state index in [1.807, 2.05) is 34.6 Å². The molecule has 2 spiro atoms. The van der Waals surface area contributed by atoms with Gasteiger partial charge < -0.3 is 54.8 Å². The zero-order chi connectivity index (χ0) is 41.2. The Bertz CT molecular complexity index is 1400. The van der Waals surface area contributed by atoms with E-state index in [1.54, 1.807) is 26.0 Å². The molecule has 0 saturated carbocycles. The van der Waals surface area contributed by atoms with Crippen LogP contribution in [0.3, 0.4) is 0 Å². The van der Waals surface area contributed by atoms with Crippen molar-refractivity contribution in [2.24, 2.45) is 35.3 Å². The first-order valence-electron chi connectivity index (χ1n) is 21.4. The summed E-state index contributed by atoms with van der Waals surface area (Å²) in [7, 11) is 0. The molecular formula is C42H70N2O12. The van der Waals surface area contributed by atoms with Crippen LogP contribution in [-0.4, -0.2) is 112 Å². The molecule has 4 fully saturated rings. The van der Waals surface area contributed by atoms with E-state index < -0.39 is 83.6 Å². The van der Waals surface area contributed by atoms with Gasteiger partial charge in [0, 0.05) is 30.7 Å². The van der Waals surface area contributed by atoms with Gasteiger partial charge in [-0.15, -0.1) is 0 Å². The van der Waals surface area contributed by atoms with E-state index in [-0.39, 0.29) is 35.9 Å². The molecule has 6 N–H and O–H groups in total. The lowest BCUT2D eigenvalue weighted by Crippen LogP contribution is -2.63. The van der Waals surface area contributed by atoms with Crippen molar-refractivity contribution in [3.05, 3.63) is 12.2 Å². The number of ether oxygens (including phenoxy) is 6. The molecule has 56 heavy (non-hydrogen) atoms. The van der Waals surface area contributed by atoms with E-state index in [9.17, 15) is 29.7 Å². The Labute approximate surface area is 332 Å². The summed E-state index contributed by atoms with van der Waals surface area (Å²) in [6.07, 6.45) is 4.29. The van der Waals surface area contributed by atoms with Crippen LogP contribution in [0.5, 0.6) is 0 Å². The number of aliphatic hydroxyl groups is 2. The largest absolute Gasteiger partial charge is 0.481 e. The smallest absolute Gasteiger partial charge is 0.407 e. The van der Waals surface area contributed by atoms with E-state index in [0.29, 0.717) is 70.8 Å². The highest BCUT2D eigenvalue weighted by molar-refractivity contribution is 5.84. The van der Waals surface area contributed by atoms with Crippen LogP contribution in [0.25, 0.3) is 0 Å². The second kappa shape index (κ2) is 18.4. The second-order valence-electron chi connectivity index (χ2n) is 17.3. The molecule has 0 radical (unpaired) electrons. The van der Waals surface area contributed by atoms with Gasteiger partial charge in [0.2, 0.25) is 5.79 Å². The fraction of sp³-hybridized carbons (Fsp3) is 0.881. The molecule has 5 rings (SSSR count). The molecule has 5 aliphatic heterocycles. The number of ketones is 1. The molecule has 1 amide bonds. The molecule has 0 aromatic heterocycles. The number of carbonyl (C=O) groups excluding carboxylic acids is 2. The minimum absolute atomic E-state index is 0.0454. The van der Waals surface area contributed by atoms with Crippen LogP contribution in [0.1, 0.15) is 126 Å². The van der Waals surface area contributed by atoms with Crippen molar-refractivity contribution in [1.82, 2.24) is 5.32 Å². The van der Waals surface area contributed by atoms with Crippen LogP contribution in [0, 0.1) is 29.6 Å². The Morgan fingerprint density at radius 3 is 2.25 bits per heavy atom. The highest BCUT2D eigenvalue weighted by Crippen LogP contribution is 2.52. The van der Waals surface area contributed by atoms with Gasteiger partial charge in [-0.25, -0.2) is 4.79 Å². The van der Waals surface area contributed by atoms with Crippen LogP contribution >= 0.6 is 0 Å². The lowest BCUT2D eigenvalue weighted by molar-refractivity contribution is -0.400. The Balaban J connectivity index is 1.35. The van der Waals surface area contributed by atoms with Gasteiger partial charge in [-0.2, -0.15) is 0 Å². The van der Waals surface area contributed by atoms with Crippen molar-refractivity contribution in [3.63, 3.8) is 0 Å². The number of amides is 1. The molecule has 5 aliphatic rings. The minimum Gasteiger partial charge on any atom is -0.481 e. The van der Waals surface area contributed by atoms with E-state index in [1.165, 1.54) is 0 Å². The summed E-state index contributed by atoms with van der Waals surface area (Å²) in [4.78, 5) is 39.1. The van der Waals surface area contributed by atoms with Gasteiger partial charge in [-0.05, 0) is 96.1 Å². The molecular weight excluding hydrogens is 724 g/mol. The first-order chi connectivity index (χ1) is 26.5. The Morgan fingerprint density at radius 1 is 0.946 bits per heavy atom. The minimum atomic E-state index is -1.40. The number of hydrogen-bond acceptors (Lipinski definition) is 12. The van der Waals surface area contributed by atoms with Crippen molar-refractivity contribution in [3.8, 4) is 0 Å². The van der Waals surface area contributed by atoms with Crippen LogP contribution in [0.4, 0.5) is 4.79 Å². The SMILES string of the molecule is CCNC(=O)OC1C=CC2(OC(C(CC)C(=O)C(C)C(O)C(N)C3CCCC(C(CC)C(=O)O)O3)C(C)CC2C)OC12CCC(C1CCC(O)(CC)C(C)O1)O2. The molecule has 5 heterocycles. The van der Waals surface area contributed by atoms with Gasteiger partial charge in [-0.3, -0.25) is 9.59 Å². The summed E-state index contributed by atoms with van der Waals surface area (Å²) in [6, 6.07) is -0.887. The van der Waals surface area contributed by atoms with E-state index in [2.05, 4.69) is 12.2 Å². The average Bonchev–Trinajstić information content (AvgIpc) is 3.59. The van der Waals surface area contributed by atoms with Gasteiger partial charge in [0.05, 0.1) is 60.3 Å². The summed E-state index contributed by atoms with van der Waals surface area (Å²) in [5, 5.41) is 35.0. The molecule has 320 valence electrons. The van der Waals surface area contributed by atoms with Crippen molar-refractivity contribution in [2.75, 3.05) is 6.54 Å². The van der Waals surface area contributed by atoms with Gasteiger partial charge in [0.15, 0.2) is 11.9 Å². The molecule has 4 saturated heterocycles. The number of nitrogens with two attached hydrogens (primary N) is 1. The lowest BCUT2D eigenvalue weighted by atomic mass is 9.73. The number of nitrogens with one attached hydrogen (secondary N) is 1. The summed E-state index contributed by atoms with van der Waals surface area (Å²) >= 11 is 0. The van der Waals surface area contributed by atoms with Crippen molar-refractivity contribution in [2.45, 2.75) is 198 Å². The third kappa shape index (κ3) is 9.02. The summed E-state index contributed by atoms with van der Waals surface area (Å²) in [5.41, 5.74) is 5.70. The van der Waals surface area contributed by atoms with Crippen molar-refractivity contribution < 1.29 is 58.1 Å². The predicted molar refractivity (Wildman–Crippen MR) is 206 cm³/mol. The Hall–Kier alpha value is -2.17. The van der Waals surface area contributed by atoms with Crippen LogP contribution in [-0.2, 0) is 38.0 Å². The number of Topliss-reactive ketones (excluding diaryl/α,β-unsaturated/α-hetero) is 1. The molecule has 17 unspecified atom stereocenters. The maximum atomic E-state index is 14.4. The van der Waals surface area contributed by atoms with Gasteiger partial charge in [0.1, 0.15) is 5.78 Å². The first-order valence-corrected chi connectivity index (χ1v) is 21.4. The zero-order valence-electron chi connectivity index (χ0n) is 34.8. The van der Waals surface area contributed by atoms with E-state index in [0.717, 1.165) is 6.42 Å². The van der Waals surface area contributed by atoms with Crippen LogP contribution < -0.4 is 11.1 Å². The summed E-state index contributed by atoms with van der Waals surface area (Å²) < 4.78 is 39.3. The fourth-order valence-electron chi connectivity index (χ4n) is 10.0. The molecule has 14 nitrogen and oxygen atoms in total. The molecule has 0 aliphatic carbocycles. The molecule has 0 aromatic carbocycles. The zero-order valence-corrected chi connectivity index (χ0v) is 34.8. The monoisotopic (exact) mass is 794 g/mol. The lowest BCUT2D eigenvalue weighted by Gasteiger charge is -2.54. The van der Waals surface area contributed by atoms with E-state index in [4.69, 9.17) is 34.2 Å². The standard InChI is InChI=1S/C42H70N2O12/c1-9-27(38(47)48)29-14-13-15-32(52-29)34(43)36(46)25(7)35(45)28(10-2)37-23(5)22-24(6)41(55-37)21-18-33(53-39(49)44-12-4)42(56-41)20-17-31(54-42)30-16-19-40(50,11-3)26(8)51-30/h18,21,23-34,36-37,46,50H,9-17,19-20,22,43H2,1-8H3,(H,44,49)(H,47,48). The topological polar surface area (TPSA) is 205 Å². The number of rotatable bonds is 14. The maximum Gasteiger partial charge on any atom is 0.407 e. The number of carboxylic acid groups (broad SMARTS) is 1. The predicted octanol–water partition coefficient (Wildman–Crippen LogP) is 5.00. The van der Waals surface area contributed by atoms with Crippen LogP contribution in [0.2, 0.25) is 0 Å². The number of carbonyl (C=O) groups is 3. The highest BCUT2D eigenvalue weighted by atomic mass is 16.8. The highest BCUT2D eigenvalue weighted by Gasteiger charge is 2.61. The quantitative estimate of drug-likeness (QED) is 0.147. The normalized spacial score (nSPS) is 41.4.